The Labute approximate surface area is 409 Å². The molecular weight excluding hydrogens is 1000 g/mol. The zero-order chi connectivity index (χ0) is 52.7. The largest absolute Gasteiger partial charge is 0.744 e. The topological polar surface area (TPSA) is 286 Å². The summed E-state index contributed by atoms with van der Waals surface area (Å²) in [6.07, 6.45) is 0. The van der Waals surface area contributed by atoms with Gasteiger partial charge in [0, 0.05) is 0 Å². The molecule has 0 saturated carbocycles. The van der Waals surface area contributed by atoms with Gasteiger partial charge in [-0.3, -0.25) is 0 Å². The van der Waals surface area contributed by atoms with E-state index in [0.29, 0.717) is 10.8 Å². The minimum absolute atomic E-state index is 0.137. The highest BCUT2D eigenvalue weighted by Gasteiger charge is 2.10. The highest BCUT2D eigenvalue weighted by atomic mass is 32.2. The maximum atomic E-state index is 11.1. The Hall–Kier alpha value is -5.91. The molecule has 0 aliphatic heterocycles. The Morgan fingerprint density at radius 1 is 0.271 bits per heavy atom. The van der Waals surface area contributed by atoms with Crippen LogP contribution >= 0.6 is 0 Å². The highest BCUT2D eigenvalue weighted by Crippen LogP contribution is 2.27. The Morgan fingerprint density at radius 2 is 0.700 bits per heavy atom. The fraction of sp³-hybridized carbons (Fsp3) is 0.160. The first-order valence-corrected chi connectivity index (χ1v) is 27.6. The molecule has 15 nitrogen and oxygen atoms in total. The second-order valence-corrected chi connectivity index (χ2v) is 23.1. The Kier molecular flexibility index (Phi) is 18.2. The summed E-state index contributed by atoms with van der Waals surface area (Å²) in [5.41, 5.74) is 7.37. The van der Waals surface area contributed by atoms with Gasteiger partial charge in [-0.25, -0.2) is 42.1 Å². The molecule has 0 unspecified atom stereocenters. The van der Waals surface area contributed by atoms with E-state index in [1.165, 1.54) is 48.5 Å². The average Bonchev–Trinajstić information content (AvgIpc) is 3.22. The van der Waals surface area contributed by atoms with Crippen molar-refractivity contribution >= 4 is 82.9 Å². The third kappa shape index (κ3) is 16.1. The zero-order valence-corrected chi connectivity index (χ0v) is 43.0. The van der Waals surface area contributed by atoms with E-state index in [2.05, 4.69) is 0 Å². The van der Waals surface area contributed by atoms with Crippen LogP contribution in [0.1, 0.15) is 44.5 Å². The molecule has 0 aliphatic carbocycles. The minimum atomic E-state index is -4.41. The van der Waals surface area contributed by atoms with E-state index in [4.69, 9.17) is 0 Å². The van der Waals surface area contributed by atoms with Gasteiger partial charge < -0.3 is 22.8 Å². The minimum Gasteiger partial charge on any atom is -0.744 e. The van der Waals surface area contributed by atoms with Crippen LogP contribution in [0.4, 0.5) is 0 Å². The summed E-state index contributed by atoms with van der Waals surface area (Å²) in [6.45, 7) is 14.8. The molecule has 0 atom stereocenters. The van der Waals surface area contributed by atoms with Crippen molar-refractivity contribution in [1.29, 1.82) is 0 Å². The van der Waals surface area contributed by atoms with E-state index >= 15 is 0 Å². The lowest BCUT2D eigenvalue weighted by molar-refractivity contribution is 0.460. The van der Waals surface area contributed by atoms with Crippen molar-refractivity contribution in [1.82, 2.24) is 0 Å². The van der Waals surface area contributed by atoms with Crippen LogP contribution in [-0.2, 0) is 50.6 Å². The van der Waals surface area contributed by atoms with Gasteiger partial charge in [-0.2, -0.15) is 0 Å². The molecule has 8 aromatic carbocycles. The van der Waals surface area contributed by atoms with Crippen LogP contribution in [0.2, 0.25) is 0 Å². The number of rotatable bonds is 5. The molecule has 0 bridgehead atoms. The average molecular weight is 1050 g/mol. The summed E-state index contributed by atoms with van der Waals surface area (Å²) in [5, 5.41) is 4.33. The summed E-state index contributed by atoms with van der Waals surface area (Å²) in [5.74, 6) is 0. The predicted octanol–water partition coefficient (Wildman–Crippen LogP) is 8.88. The van der Waals surface area contributed by atoms with Crippen molar-refractivity contribution in [3.8, 4) is 0 Å². The van der Waals surface area contributed by atoms with Crippen molar-refractivity contribution in [2.24, 2.45) is 0 Å². The number of fused-ring (bicyclic) bond motifs is 3. The molecule has 0 N–H and O–H groups in total. The summed E-state index contributed by atoms with van der Waals surface area (Å²) < 4.78 is 162. The standard InChI is InChI=1S/2C12H12O3S.C11H10O3S.C8H10O3S.C7H8O3S/c1-8-5-9(2)12-4-3-11(16(13,14)15)7-10(12)6-8;1-8-3-4-11-10(5-8)6-9(2)7-12(11)16(13,14)15;1-8-4-2-6-10-9(8)5-3-7-11(10)15(12,13)14;1-6-3-7(2)5-8(4-6)12(9,10)11;1-6-2-4-7(5-3-6)11(8,9)10/h2*3-7H,1-2H3,(H,13,14,15);2-7H,1H3,(H,12,13,14);3-5H,1-2H3,(H,9,10,11);2-5H,1H3,(H,8,9,10)/p-5. The van der Waals surface area contributed by atoms with Gasteiger partial charge in [0.2, 0.25) is 0 Å². The molecule has 8 aromatic rings. The number of benzene rings is 8. The first kappa shape index (κ1) is 56.7. The molecular formula is C50H47O15S5-5. The third-order valence-electron chi connectivity index (χ3n) is 10.2. The van der Waals surface area contributed by atoms with Crippen molar-refractivity contribution in [2.45, 2.75) is 79.9 Å². The van der Waals surface area contributed by atoms with Gasteiger partial charge in [0.05, 0.1) is 24.5 Å². The van der Waals surface area contributed by atoms with Gasteiger partial charge >= 0.3 is 0 Å². The maximum absolute atomic E-state index is 11.1. The van der Waals surface area contributed by atoms with E-state index in [0.717, 1.165) is 66.1 Å². The van der Waals surface area contributed by atoms with Gasteiger partial charge in [-0.15, -0.1) is 0 Å². The highest BCUT2D eigenvalue weighted by molar-refractivity contribution is 7.86. The van der Waals surface area contributed by atoms with Crippen molar-refractivity contribution < 1.29 is 64.9 Å². The van der Waals surface area contributed by atoms with E-state index in [-0.39, 0.29) is 24.5 Å². The predicted molar refractivity (Wildman–Crippen MR) is 262 cm³/mol. The van der Waals surface area contributed by atoms with Crippen LogP contribution in [0.15, 0.2) is 164 Å². The second kappa shape index (κ2) is 22.4. The lowest BCUT2D eigenvalue weighted by Gasteiger charge is -2.12. The normalized spacial score (nSPS) is 11.8. The molecule has 0 amide bonds. The molecule has 8 rings (SSSR count). The fourth-order valence-electron chi connectivity index (χ4n) is 7.12. The first-order chi connectivity index (χ1) is 32.1. The first-order valence-electron chi connectivity index (χ1n) is 20.6. The fourth-order valence-corrected chi connectivity index (χ4v) is 10.2. The van der Waals surface area contributed by atoms with E-state index in [9.17, 15) is 64.9 Å². The molecule has 372 valence electrons. The van der Waals surface area contributed by atoms with Crippen molar-refractivity contribution in [3.63, 3.8) is 0 Å². The van der Waals surface area contributed by atoms with Crippen LogP contribution in [0.3, 0.4) is 0 Å². The van der Waals surface area contributed by atoms with E-state index < -0.39 is 50.6 Å². The van der Waals surface area contributed by atoms with Crippen LogP contribution in [0, 0.1) is 55.4 Å². The smallest absolute Gasteiger partial charge is 0.125 e. The summed E-state index contributed by atoms with van der Waals surface area (Å²) in [4.78, 5) is -0.792. The second-order valence-electron chi connectivity index (χ2n) is 16.3. The van der Waals surface area contributed by atoms with Gasteiger partial charge in [-0.1, -0.05) is 108 Å². The summed E-state index contributed by atoms with van der Waals surface area (Å²) >= 11 is 0. The number of aryl methyl sites for hydroxylation is 8. The SMILES string of the molecule is Cc1cc(C)c2ccc(S(=O)(=O)[O-])cc2c1.Cc1cc(C)cc(S(=O)(=O)[O-])c1.Cc1ccc(S(=O)(=O)[O-])cc1.Cc1ccc2c(S(=O)(=O)[O-])cc(C)cc2c1.Cc1cccc2c(S(=O)(=O)[O-])cccc12. The van der Waals surface area contributed by atoms with Crippen molar-refractivity contribution in [3.05, 3.63) is 184 Å². The monoisotopic (exact) mass is 1050 g/mol. The van der Waals surface area contributed by atoms with Gasteiger partial charge in [0.15, 0.2) is 0 Å². The molecule has 20 heteroatoms. The van der Waals surface area contributed by atoms with Gasteiger partial charge in [0.1, 0.15) is 50.6 Å². The molecule has 0 radical (unpaired) electrons. The van der Waals surface area contributed by atoms with Gasteiger partial charge in [0.25, 0.3) is 0 Å². The zero-order valence-electron chi connectivity index (χ0n) is 38.9. The maximum Gasteiger partial charge on any atom is 0.125 e. The number of hydrogen-bond donors (Lipinski definition) is 0. The molecule has 0 fully saturated rings. The Morgan fingerprint density at radius 3 is 1.23 bits per heavy atom. The van der Waals surface area contributed by atoms with Crippen LogP contribution in [0.5, 0.6) is 0 Å². The number of hydrogen-bond acceptors (Lipinski definition) is 15. The van der Waals surface area contributed by atoms with Crippen LogP contribution in [0.25, 0.3) is 32.3 Å². The van der Waals surface area contributed by atoms with Crippen LogP contribution < -0.4 is 0 Å². The van der Waals surface area contributed by atoms with E-state index in [1.54, 1.807) is 75.4 Å². The molecule has 0 aliphatic rings. The third-order valence-corrected chi connectivity index (χ3v) is 14.5. The summed E-state index contributed by atoms with van der Waals surface area (Å²) in [7, 11) is -21.7. The molecule has 0 saturated heterocycles. The molecule has 70 heavy (non-hydrogen) atoms. The van der Waals surface area contributed by atoms with Gasteiger partial charge in [-0.05, 0) is 164 Å². The van der Waals surface area contributed by atoms with E-state index in [1.807, 2.05) is 71.0 Å². The Bertz CT molecular complexity index is 3790. The lowest BCUT2D eigenvalue weighted by atomic mass is 10.0. The lowest BCUT2D eigenvalue weighted by Crippen LogP contribution is -2.00. The van der Waals surface area contributed by atoms with Crippen molar-refractivity contribution in [2.75, 3.05) is 0 Å². The molecule has 0 aromatic heterocycles. The quantitative estimate of drug-likeness (QED) is 0.145. The molecule has 0 spiro atoms. The Balaban J connectivity index is 0.000000192. The summed E-state index contributed by atoms with van der Waals surface area (Å²) in [6, 6.07) is 37.3. The molecule has 0 heterocycles. The van der Waals surface area contributed by atoms with Crippen LogP contribution in [-0.4, -0.2) is 64.9 Å².